The van der Waals surface area contributed by atoms with Crippen molar-refractivity contribution in [3.63, 3.8) is 0 Å². The van der Waals surface area contributed by atoms with E-state index in [-0.39, 0.29) is 24.4 Å². The molecular weight excluding hydrogens is 328 g/mol. The zero-order valence-corrected chi connectivity index (χ0v) is 14.9. The summed E-state index contributed by atoms with van der Waals surface area (Å²) in [6, 6.07) is 0.0443. The van der Waals surface area contributed by atoms with Crippen LogP contribution in [0.1, 0.15) is 44.2 Å². The highest BCUT2D eigenvalue weighted by Gasteiger charge is 2.16. The number of hydrogen-bond acceptors (Lipinski definition) is 5. The Bertz CT molecular complexity index is 529. The summed E-state index contributed by atoms with van der Waals surface area (Å²) in [5.74, 6) is -0.0744. The lowest BCUT2D eigenvalue weighted by Crippen LogP contribution is -2.39. The first-order chi connectivity index (χ1) is 11.7. The number of nitrogens with zero attached hydrogens (tertiary/aromatic N) is 1. The van der Waals surface area contributed by atoms with Gasteiger partial charge in [0.25, 0.3) is 0 Å². The van der Waals surface area contributed by atoms with Crippen LogP contribution in [0.3, 0.4) is 0 Å². The van der Waals surface area contributed by atoms with Crippen LogP contribution in [-0.4, -0.2) is 43.2 Å². The van der Waals surface area contributed by atoms with Crippen molar-refractivity contribution in [3.8, 4) is 0 Å². The largest absolute Gasteiger partial charge is 0.385 e. The van der Waals surface area contributed by atoms with E-state index in [1.807, 2.05) is 0 Å². The molecule has 0 aromatic carbocycles. The average Bonchev–Trinajstić information content (AvgIpc) is 2.99. The summed E-state index contributed by atoms with van der Waals surface area (Å²) < 4.78 is 4.93. The van der Waals surface area contributed by atoms with Gasteiger partial charge >= 0.3 is 6.03 Å². The third-order valence-corrected chi connectivity index (χ3v) is 4.71. The van der Waals surface area contributed by atoms with Gasteiger partial charge in [0.1, 0.15) is 0 Å². The first-order valence-corrected chi connectivity index (χ1v) is 9.33. The van der Waals surface area contributed by atoms with Crippen molar-refractivity contribution in [3.05, 3.63) is 11.1 Å². The number of anilines is 1. The van der Waals surface area contributed by atoms with Crippen LogP contribution >= 0.6 is 11.3 Å². The molecule has 0 bridgehead atoms. The Hall–Kier alpha value is -1.67. The van der Waals surface area contributed by atoms with Gasteiger partial charge in [0.15, 0.2) is 5.13 Å². The molecule has 134 valence electrons. The Labute approximate surface area is 146 Å². The molecule has 24 heavy (non-hydrogen) atoms. The van der Waals surface area contributed by atoms with Crippen molar-refractivity contribution in [1.82, 2.24) is 15.6 Å². The summed E-state index contributed by atoms with van der Waals surface area (Å²) in [4.78, 5) is 28.0. The van der Waals surface area contributed by atoms with Gasteiger partial charge in [0.2, 0.25) is 5.91 Å². The van der Waals surface area contributed by atoms with Crippen molar-refractivity contribution in [1.29, 1.82) is 0 Å². The zero-order chi connectivity index (χ0) is 17.2. The van der Waals surface area contributed by atoms with Gasteiger partial charge in [-0.1, -0.05) is 19.3 Å². The maximum atomic E-state index is 12.0. The summed E-state index contributed by atoms with van der Waals surface area (Å²) in [6.45, 7) is 1.22. The minimum absolute atomic E-state index is 0.0744. The Morgan fingerprint density at radius 2 is 2.12 bits per heavy atom. The summed E-state index contributed by atoms with van der Waals surface area (Å²) in [5.41, 5.74) is 0.664. The van der Waals surface area contributed by atoms with Crippen molar-refractivity contribution in [2.24, 2.45) is 0 Å². The Morgan fingerprint density at radius 3 is 2.88 bits per heavy atom. The van der Waals surface area contributed by atoms with E-state index in [2.05, 4.69) is 20.9 Å². The SMILES string of the molecule is COCCCNC(=O)Cc1csc(NC(=O)NC2CCCCC2)n1. The highest BCUT2D eigenvalue weighted by molar-refractivity contribution is 7.13. The molecule has 1 aliphatic carbocycles. The Balaban J connectivity index is 1.69. The number of ether oxygens (including phenoxy) is 1. The molecule has 1 saturated carbocycles. The van der Waals surface area contributed by atoms with Crippen molar-refractivity contribution in [2.75, 3.05) is 25.6 Å². The predicted molar refractivity (Wildman–Crippen MR) is 94.3 cm³/mol. The minimum Gasteiger partial charge on any atom is -0.385 e. The van der Waals surface area contributed by atoms with Gasteiger partial charge in [-0.3, -0.25) is 10.1 Å². The van der Waals surface area contributed by atoms with Crippen LogP contribution in [0.25, 0.3) is 0 Å². The lowest BCUT2D eigenvalue weighted by atomic mass is 9.96. The molecule has 1 aromatic rings. The normalized spacial score (nSPS) is 15.0. The van der Waals surface area contributed by atoms with E-state index in [4.69, 9.17) is 4.74 Å². The number of urea groups is 1. The van der Waals surface area contributed by atoms with E-state index >= 15 is 0 Å². The number of amides is 3. The van der Waals surface area contributed by atoms with Crippen LogP contribution in [0.5, 0.6) is 0 Å². The highest BCUT2D eigenvalue weighted by atomic mass is 32.1. The van der Waals surface area contributed by atoms with E-state index in [0.29, 0.717) is 24.0 Å². The first-order valence-electron chi connectivity index (χ1n) is 8.45. The van der Waals surface area contributed by atoms with E-state index in [1.165, 1.54) is 30.6 Å². The lowest BCUT2D eigenvalue weighted by molar-refractivity contribution is -0.120. The number of carbonyl (C=O) groups excluding carboxylic acids is 2. The molecule has 0 spiro atoms. The third-order valence-electron chi connectivity index (χ3n) is 3.90. The van der Waals surface area contributed by atoms with Gasteiger partial charge in [-0.05, 0) is 19.3 Å². The second kappa shape index (κ2) is 10.2. The molecule has 1 heterocycles. The summed E-state index contributed by atoms with van der Waals surface area (Å²) in [6.07, 6.45) is 6.68. The predicted octanol–water partition coefficient (Wildman–Crippen LogP) is 2.29. The van der Waals surface area contributed by atoms with Crippen molar-refractivity contribution in [2.45, 2.75) is 51.0 Å². The van der Waals surface area contributed by atoms with Gasteiger partial charge < -0.3 is 15.4 Å². The molecule has 3 amide bonds. The third kappa shape index (κ3) is 6.84. The smallest absolute Gasteiger partial charge is 0.321 e. The minimum atomic E-state index is -0.216. The fourth-order valence-electron chi connectivity index (χ4n) is 2.68. The number of thiazole rings is 1. The fraction of sp³-hybridized carbons (Fsp3) is 0.688. The fourth-order valence-corrected chi connectivity index (χ4v) is 3.39. The molecule has 1 aliphatic rings. The number of rotatable bonds is 8. The summed E-state index contributed by atoms with van der Waals surface area (Å²) in [7, 11) is 1.63. The van der Waals surface area contributed by atoms with Crippen LogP contribution in [-0.2, 0) is 16.0 Å². The molecule has 2 rings (SSSR count). The first kappa shape index (κ1) is 18.7. The quantitative estimate of drug-likeness (QED) is 0.625. The van der Waals surface area contributed by atoms with Crippen LogP contribution in [0.2, 0.25) is 0 Å². The van der Waals surface area contributed by atoms with Gasteiger partial charge in [-0.2, -0.15) is 0 Å². The second-order valence-electron chi connectivity index (χ2n) is 5.95. The molecule has 1 fully saturated rings. The molecule has 8 heteroatoms. The van der Waals surface area contributed by atoms with Crippen LogP contribution < -0.4 is 16.0 Å². The number of methoxy groups -OCH3 is 1. The molecule has 7 nitrogen and oxygen atoms in total. The molecule has 0 atom stereocenters. The van der Waals surface area contributed by atoms with Gasteiger partial charge in [-0.15, -0.1) is 11.3 Å². The average molecular weight is 354 g/mol. The van der Waals surface area contributed by atoms with E-state index in [0.717, 1.165) is 19.3 Å². The summed E-state index contributed by atoms with van der Waals surface area (Å²) in [5, 5.41) is 10.9. The Kier molecular flexibility index (Phi) is 7.97. The van der Waals surface area contributed by atoms with Gasteiger partial charge in [0, 0.05) is 31.7 Å². The van der Waals surface area contributed by atoms with E-state index < -0.39 is 0 Å². The van der Waals surface area contributed by atoms with Gasteiger partial charge in [-0.25, -0.2) is 9.78 Å². The van der Waals surface area contributed by atoms with Crippen LogP contribution in [0.15, 0.2) is 5.38 Å². The van der Waals surface area contributed by atoms with E-state index in [1.54, 1.807) is 12.5 Å². The highest BCUT2D eigenvalue weighted by Crippen LogP contribution is 2.18. The molecule has 0 aliphatic heterocycles. The van der Waals surface area contributed by atoms with Gasteiger partial charge in [0.05, 0.1) is 12.1 Å². The maximum Gasteiger partial charge on any atom is 0.321 e. The molecule has 0 unspecified atom stereocenters. The van der Waals surface area contributed by atoms with Crippen molar-refractivity contribution < 1.29 is 14.3 Å². The molecule has 0 saturated heterocycles. The number of carbonyl (C=O) groups is 2. The van der Waals surface area contributed by atoms with Crippen molar-refractivity contribution >= 4 is 28.4 Å². The zero-order valence-electron chi connectivity index (χ0n) is 14.1. The maximum absolute atomic E-state index is 12.0. The number of hydrogen-bond donors (Lipinski definition) is 3. The monoisotopic (exact) mass is 354 g/mol. The lowest BCUT2D eigenvalue weighted by Gasteiger charge is -2.22. The molecular formula is C16H26N4O3S. The topological polar surface area (TPSA) is 92.4 Å². The molecule has 0 radical (unpaired) electrons. The molecule has 3 N–H and O–H groups in total. The second-order valence-corrected chi connectivity index (χ2v) is 6.81. The van der Waals surface area contributed by atoms with E-state index in [9.17, 15) is 9.59 Å². The van der Waals surface area contributed by atoms with Crippen LogP contribution in [0.4, 0.5) is 9.93 Å². The number of aromatic nitrogens is 1. The Morgan fingerprint density at radius 1 is 1.33 bits per heavy atom. The number of nitrogens with one attached hydrogen (secondary N) is 3. The molecule has 1 aromatic heterocycles. The summed E-state index contributed by atoms with van der Waals surface area (Å²) >= 11 is 1.33. The van der Waals surface area contributed by atoms with Crippen LogP contribution in [0, 0.1) is 0 Å². The standard InChI is InChI=1S/C16H26N4O3S/c1-23-9-5-8-17-14(21)10-13-11-24-16(19-13)20-15(22)18-12-6-3-2-4-7-12/h11-12H,2-10H2,1H3,(H,17,21)(H2,18,19,20,22).